The Kier molecular flexibility index (Phi) is 12.0. The van der Waals surface area contributed by atoms with Gasteiger partial charge in [0.25, 0.3) is 10.0 Å². The number of nitrogens with one attached hydrogen (secondary N) is 1. The van der Waals surface area contributed by atoms with Crippen molar-refractivity contribution in [2.75, 3.05) is 24.5 Å². The van der Waals surface area contributed by atoms with Crippen LogP contribution in [0.4, 0.5) is 5.69 Å². The number of rotatable bonds is 15. The molecule has 0 saturated heterocycles. The maximum Gasteiger partial charge on any atom is 0.264 e. The molecule has 8 nitrogen and oxygen atoms in total. The third-order valence-corrected chi connectivity index (χ3v) is 9.34. The molecule has 0 aliphatic heterocycles. The number of hydrogen-bond donors (Lipinski definition) is 1. The molecule has 0 heterocycles. The lowest BCUT2D eigenvalue weighted by molar-refractivity contribution is -0.140. The Morgan fingerprint density at radius 1 is 0.867 bits per heavy atom. The predicted molar refractivity (Wildman–Crippen MR) is 178 cm³/mol. The lowest BCUT2D eigenvalue weighted by atomic mass is 10.0. The summed E-state index contributed by atoms with van der Waals surface area (Å²) in [4.78, 5) is 29.7. The zero-order valence-electron chi connectivity index (χ0n) is 25.4. The van der Waals surface area contributed by atoms with Crippen LogP contribution in [0, 0.1) is 0 Å². The van der Waals surface area contributed by atoms with E-state index in [0.717, 1.165) is 28.3 Å². The highest BCUT2D eigenvalue weighted by Crippen LogP contribution is 2.28. The van der Waals surface area contributed by atoms with Gasteiger partial charge in [-0.2, -0.15) is 0 Å². The van der Waals surface area contributed by atoms with Gasteiger partial charge in [0.1, 0.15) is 18.3 Å². The third-order valence-electron chi connectivity index (χ3n) is 7.32. The van der Waals surface area contributed by atoms with E-state index in [2.05, 4.69) is 5.32 Å². The van der Waals surface area contributed by atoms with Gasteiger partial charge in [0.05, 0.1) is 17.7 Å². The van der Waals surface area contributed by atoms with E-state index in [1.807, 2.05) is 67.6 Å². The Bertz CT molecular complexity index is 1650. The van der Waals surface area contributed by atoms with E-state index >= 15 is 0 Å². The number of amides is 2. The van der Waals surface area contributed by atoms with Crippen molar-refractivity contribution in [3.63, 3.8) is 0 Å². The molecule has 1 atom stereocenters. The van der Waals surface area contributed by atoms with Crippen LogP contribution in [-0.4, -0.2) is 51.4 Å². The summed E-state index contributed by atoms with van der Waals surface area (Å²) < 4.78 is 34.5. The molecule has 4 aromatic rings. The van der Waals surface area contributed by atoms with Crippen LogP contribution in [-0.2, 0) is 32.6 Å². The molecule has 4 aromatic carbocycles. The second kappa shape index (κ2) is 16.1. The van der Waals surface area contributed by atoms with Crippen LogP contribution in [0.3, 0.4) is 0 Å². The summed E-state index contributed by atoms with van der Waals surface area (Å²) in [6.07, 6.45) is 1.94. The van der Waals surface area contributed by atoms with E-state index < -0.39 is 28.5 Å². The van der Waals surface area contributed by atoms with Crippen molar-refractivity contribution in [1.82, 2.24) is 10.2 Å². The summed E-state index contributed by atoms with van der Waals surface area (Å²) >= 11 is 6.29. The predicted octanol–water partition coefficient (Wildman–Crippen LogP) is 6.10. The molecule has 2 amide bonds. The Balaban J connectivity index is 1.77. The molecule has 0 aliphatic carbocycles. The fourth-order valence-electron chi connectivity index (χ4n) is 4.88. The van der Waals surface area contributed by atoms with Crippen LogP contribution in [0.25, 0.3) is 0 Å². The van der Waals surface area contributed by atoms with Crippen LogP contribution in [0.1, 0.15) is 30.9 Å². The van der Waals surface area contributed by atoms with Crippen molar-refractivity contribution in [2.45, 2.75) is 43.7 Å². The third kappa shape index (κ3) is 9.09. The Morgan fingerprint density at radius 3 is 2.11 bits per heavy atom. The van der Waals surface area contributed by atoms with Crippen LogP contribution < -0.4 is 14.4 Å². The molecule has 0 aromatic heterocycles. The fourth-order valence-corrected chi connectivity index (χ4v) is 6.47. The highest BCUT2D eigenvalue weighted by molar-refractivity contribution is 7.92. The minimum Gasteiger partial charge on any atom is -0.497 e. The van der Waals surface area contributed by atoms with Gasteiger partial charge in [-0.25, -0.2) is 8.42 Å². The molecule has 0 saturated carbocycles. The Labute approximate surface area is 270 Å². The number of methoxy groups -OCH3 is 1. The molecule has 0 fully saturated rings. The largest absolute Gasteiger partial charge is 0.497 e. The standard InChI is InChI=1S/C35H38ClN3O5S/c1-3-4-22-37-35(41)33(23-27-12-7-5-8-13-27)38(25-28-14-9-6-10-15-28)34(40)26-39(30-17-11-16-29(36)24-30)45(42,43)32-20-18-31(44-2)19-21-32/h5-21,24,33H,3-4,22-23,25-26H2,1-2H3,(H,37,41). The number of ether oxygens (including phenoxy) is 1. The molecule has 0 aliphatic rings. The average molecular weight is 648 g/mol. The molecule has 10 heteroatoms. The van der Waals surface area contributed by atoms with Crippen molar-refractivity contribution < 1.29 is 22.7 Å². The van der Waals surface area contributed by atoms with E-state index in [4.69, 9.17) is 16.3 Å². The van der Waals surface area contributed by atoms with Gasteiger partial charge in [0.2, 0.25) is 11.8 Å². The van der Waals surface area contributed by atoms with Crippen LogP contribution in [0.2, 0.25) is 5.02 Å². The number of sulfonamides is 1. The number of halogens is 1. The van der Waals surface area contributed by atoms with Crippen molar-refractivity contribution in [3.8, 4) is 5.75 Å². The average Bonchev–Trinajstić information content (AvgIpc) is 3.06. The summed E-state index contributed by atoms with van der Waals surface area (Å²) in [5.74, 6) is -0.349. The van der Waals surface area contributed by atoms with E-state index in [9.17, 15) is 18.0 Å². The number of anilines is 1. The lowest BCUT2D eigenvalue weighted by Gasteiger charge is -2.34. The Morgan fingerprint density at radius 2 is 1.51 bits per heavy atom. The molecule has 0 bridgehead atoms. The lowest BCUT2D eigenvalue weighted by Crippen LogP contribution is -2.53. The number of nitrogens with zero attached hydrogens (tertiary/aromatic N) is 2. The maximum absolute atomic E-state index is 14.4. The van der Waals surface area contributed by atoms with Gasteiger partial charge in [-0.3, -0.25) is 13.9 Å². The van der Waals surface area contributed by atoms with Gasteiger partial charge in [0, 0.05) is 24.5 Å². The summed E-state index contributed by atoms with van der Waals surface area (Å²) in [7, 11) is -2.76. The topological polar surface area (TPSA) is 96.0 Å². The second-order valence-corrected chi connectivity index (χ2v) is 12.8. The first-order valence-corrected chi connectivity index (χ1v) is 16.6. The van der Waals surface area contributed by atoms with Crippen molar-refractivity contribution >= 4 is 39.1 Å². The summed E-state index contributed by atoms with van der Waals surface area (Å²) in [5, 5.41) is 3.30. The minimum atomic E-state index is -4.25. The second-order valence-electron chi connectivity index (χ2n) is 10.5. The SMILES string of the molecule is CCCCNC(=O)C(Cc1ccccc1)N(Cc1ccccc1)C(=O)CN(c1cccc(Cl)c1)S(=O)(=O)c1ccc(OC)cc1. The van der Waals surface area contributed by atoms with Crippen molar-refractivity contribution in [1.29, 1.82) is 0 Å². The molecule has 0 spiro atoms. The number of benzene rings is 4. The smallest absolute Gasteiger partial charge is 0.264 e. The van der Waals surface area contributed by atoms with Gasteiger partial charge >= 0.3 is 0 Å². The minimum absolute atomic E-state index is 0.0242. The van der Waals surface area contributed by atoms with Gasteiger partial charge < -0.3 is 15.0 Å². The Hall–Kier alpha value is -4.34. The highest BCUT2D eigenvalue weighted by atomic mass is 35.5. The molecule has 45 heavy (non-hydrogen) atoms. The van der Waals surface area contributed by atoms with Crippen molar-refractivity contribution in [3.05, 3.63) is 125 Å². The maximum atomic E-state index is 14.4. The van der Waals surface area contributed by atoms with Gasteiger partial charge in [0.15, 0.2) is 0 Å². The molecule has 1 N–H and O–H groups in total. The van der Waals surface area contributed by atoms with E-state index in [1.165, 1.54) is 30.2 Å². The summed E-state index contributed by atoms with van der Waals surface area (Å²) in [6.45, 7) is 2.04. The van der Waals surface area contributed by atoms with Gasteiger partial charge in [-0.1, -0.05) is 91.7 Å². The summed E-state index contributed by atoms with van der Waals surface area (Å²) in [6, 6.07) is 30.2. The molecule has 1 unspecified atom stereocenters. The molecule has 4 rings (SSSR count). The zero-order chi connectivity index (χ0) is 32.2. The molecular formula is C35H38ClN3O5S. The first kappa shape index (κ1) is 33.6. The number of unbranched alkanes of at least 4 members (excludes halogenated alkanes) is 1. The van der Waals surface area contributed by atoms with E-state index in [0.29, 0.717) is 17.3 Å². The first-order chi connectivity index (χ1) is 21.7. The van der Waals surface area contributed by atoms with Crippen LogP contribution in [0.15, 0.2) is 114 Å². The quantitative estimate of drug-likeness (QED) is 0.157. The van der Waals surface area contributed by atoms with Crippen LogP contribution >= 0.6 is 11.6 Å². The number of carbonyl (C=O) groups excluding carboxylic acids is 2. The van der Waals surface area contributed by atoms with E-state index in [-0.39, 0.29) is 29.5 Å². The molecule has 0 radical (unpaired) electrons. The van der Waals surface area contributed by atoms with Gasteiger partial charge in [-0.05, 0) is 60.0 Å². The summed E-state index contributed by atoms with van der Waals surface area (Å²) in [5.41, 5.74) is 1.90. The normalized spacial score (nSPS) is 11.8. The van der Waals surface area contributed by atoms with Crippen molar-refractivity contribution in [2.24, 2.45) is 0 Å². The molecular weight excluding hydrogens is 610 g/mol. The number of hydrogen-bond acceptors (Lipinski definition) is 5. The fraction of sp³-hybridized carbons (Fsp3) is 0.257. The van der Waals surface area contributed by atoms with E-state index in [1.54, 1.807) is 30.3 Å². The molecule has 236 valence electrons. The zero-order valence-corrected chi connectivity index (χ0v) is 27.0. The highest BCUT2D eigenvalue weighted by Gasteiger charge is 2.34. The first-order valence-electron chi connectivity index (χ1n) is 14.8. The number of carbonyl (C=O) groups is 2. The van der Waals surface area contributed by atoms with Gasteiger partial charge in [-0.15, -0.1) is 0 Å². The monoisotopic (exact) mass is 647 g/mol. The van der Waals surface area contributed by atoms with Crippen LogP contribution in [0.5, 0.6) is 5.75 Å².